The predicted molar refractivity (Wildman–Crippen MR) is 83.6 cm³/mol. The number of benzene rings is 1. The van der Waals surface area contributed by atoms with E-state index in [1.165, 1.54) is 0 Å². The van der Waals surface area contributed by atoms with Gasteiger partial charge in [0.25, 0.3) is 0 Å². The van der Waals surface area contributed by atoms with E-state index < -0.39 is 0 Å². The van der Waals surface area contributed by atoms with Crippen LogP contribution in [0.5, 0.6) is 5.75 Å². The summed E-state index contributed by atoms with van der Waals surface area (Å²) in [5.74, 6) is 1.48. The van der Waals surface area contributed by atoms with Crippen LogP contribution in [0.15, 0.2) is 29.4 Å². The lowest BCUT2D eigenvalue weighted by Crippen LogP contribution is -2.03. The van der Waals surface area contributed by atoms with Gasteiger partial charge in [-0.3, -0.25) is 0 Å². The zero-order valence-electron chi connectivity index (χ0n) is 12.4. The summed E-state index contributed by atoms with van der Waals surface area (Å²) in [6, 6.07) is 9.26. The number of hydrogen-bond donors (Lipinski definition) is 0. The molecule has 0 spiro atoms. The van der Waals surface area contributed by atoms with E-state index in [4.69, 9.17) is 10.00 Å². The maximum atomic E-state index is 8.83. The number of hydrogen-bond acceptors (Lipinski definition) is 5. The van der Waals surface area contributed by atoms with Gasteiger partial charge in [0.2, 0.25) is 0 Å². The molecular formula is C16H17N3OS. The summed E-state index contributed by atoms with van der Waals surface area (Å²) in [4.78, 5) is 8.92. The molecule has 0 atom stereocenters. The molecule has 1 aromatic heterocycles. The average molecular weight is 299 g/mol. The van der Waals surface area contributed by atoms with Crippen LogP contribution in [0, 0.1) is 32.1 Å². The highest BCUT2D eigenvalue weighted by Crippen LogP contribution is 2.18. The molecule has 0 unspecified atom stereocenters. The molecular weight excluding hydrogens is 282 g/mol. The number of ether oxygens (including phenoxy) is 1. The summed E-state index contributed by atoms with van der Waals surface area (Å²) in [6.45, 7) is 6.58. The molecule has 0 saturated carbocycles. The van der Waals surface area contributed by atoms with Crippen LogP contribution in [0.1, 0.15) is 22.5 Å². The molecule has 0 amide bonds. The first-order valence-electron chi connectivity index (χ1n) is 6.67. The van der Waals surface area contributed by atoms with Crippen molar-refractivity contribution < 1.29 is 4.74 Å². The van der Waals surface area contributed by atoms with Crippen LogP contribution in [0.2, 0.25) is 0 Å². The van der Waals surface area contributed by atoms with Crippen molar-refractivity contribution >= 4 is 11.8 Å². The quantitative estimate of drug-likeness (QED) is 0.481. The molecule has 0 aliphatic heterocycles. The Kier molecular flexibility index (Phi) is 5.18. The lowest BCUT2D eigenvalue weighted by atomic mass is 10.2. The number of rotatable bonds is 5. The molecule has 1 heterocycles. The first-order chi connectivity index (χ1) is 10.1. The molecule has 5 heteroatoms. The van der Waals surface area contributed by atoms with Crippen LogP contribution in [-0.4, -0.2) is 22.3 Å². The minimum atomic E-state index is 0.550. The monoisotopic (exact) mass is 299 g/mol. The van der Waals surface area contributed by atoms with Gasteiger partial charge in [-0.05, 0) is 44.5 Å². The first-order valence-corrected chi connectivity index (χ1v) is 7.66. The third kappa shape index (κ3) is 4.20. The van der Waals surface area contributed by atoms with Gasteiger partial charge in [0.05, 0.1) is 18.2 Å². The molecule has 0 saturated heterocycles. The fourth-order valence-corrected chi connectivity index (χ4v) is 2.51. The van der Waals surface area contributed by atoms with Crippen molar-refractivity contribution in [1.82, 2.24) is 9.97 Å². The van der Waals surface area contributed by atoms with Crippen LogP contribution in [0.4, 0.5) is 0 Å². The van der Waals surface area contributed by atoms with Crippen molar-refractivity contribution in [1.29, 1.82) is 5.26 Å². The van der Waals surface area contributed by atoms with Gasteiger partial charge in [0.1, 0.15) is 5.75 Å². The van der Waals surface area contributed by atoms with Gasteiger partial charge in [-0.1, -0.05) is 17.8 Å². The molecule has 0 aliphatic rings. The van der Waals surface area contributed by atoms with Gasteiger partial charge < -0.3 is 4.74 Å². The Labute approximate surface area is 129 Å². The zero-order chi connectivity index (χ0) is 15.2. The van der Waals surface area contributed by atoms with Crippen molar-refractivity contribution in [3.05, 3.63) is 46.8 Å². The molecule has 108 valence electrons. The molecule has 21 heavy (non-hydrogen) atoms. The van der Waals surface area contributed by atoms with Gasteiger partial charge in [0.15, 0.2) is 5.16 Å². The summed E-state index contributed by atoms with van der Waals surface area (Å²) in [7, 11) is 0. The van der Waals surface area contributed by atoms with Crippen LogP contribution in [-0.2, 0) is 0 Å². The SMILES string of the molecule is Cc1nc(SCCOc2cccc(C#N)c2)nc(C)c1C. The Morgan fingerprint density at radius 1 is 1.19 bits per heavy atom. The van der Waals surface area contributed by atoms with Crippen LogP contribution >= 0.6 is 11.8 Å². The Morgan fingerprint density at radius 3 is 2.57 bits per heavy atom. The second-order valence-electron chi connectivity index (χ2n) is 4.64. The van der Waals surface area contributed by atoms with E-state index in [0.29, 0.717) is 17.9 Å². The summed E-state index contributed by atoms with van der Waals surface area (Å²) in [6.07, 6.45) is 0. The van der Waals surface area contributed by atoms with Crippen molar-refractivity contribution in [3.63, 3.8) is 0 Å². The largest absolute Gasteiger partial charge is 0.493 e. The van der Waals surface area contributed by atoms with Crippen molar-refractivity contribution in [2.45, 2.75) is 25.9 Å². The van der Waals surface area contributed by atoms with Crippen LogP contribution in [0.3, 0.4) is 0 Å². The van der Waals surface area contributed by atoms with E-state index in [-0.39, 0.29) is 0 Å². The van der Waals surface area contributed by atoms with E-state index in [1.54, 1.807) is 23.9 Å². The minimum Gasteiger partial charge on any atom is -0.493 e. The summed E-state index contributed by atoms with van der Waals surface area (Å²) >= 11 is 1.57. The number of aryl methyl sites for hydroxylation is 2. The van der Waals surface area contributed by atoms with Gasteiger partial charge >= 0.3 is 0 Å². The fourth-order valence-electron chi connectivity index (χ4n) is 1.75. The third-order valence-electron chi connectivity index (χ3n) is 3.16. The van der Waals surface area contributed by atoms with E-state index in [1.807, 2.05) is 32.9 Å². The summed E-state index contributed by atoms with van der Waals surface area (Å²) in [5, 5.41) is 9.61. The summed E-state index contributed by atoms with van der Waals surface area (Å²) < 4.78 is 5.63. The second kappa shape index (κ2) is 7.09. The number of nitriles is 1. The normalized spacial score (nSPS) is 10.2. The molecule has 0 bridgehead atoms. The smallest absolute Gasteiger partial charge is 0.188 e. The van der Waals surface area contributed by atoms with E-state index in [2.05, 4.69) is 16.0 Å². The topological polar surface area (TPSA) is 58.8 Å². The maximum Gasteiger partial charge on any atom is 0.188 e. The summed E-state index contributed by atoms with van der Waals surface area (Å²) in [5.41, 5.74) is 3.79. The van der Waals surface area contributed by atoms with Crippen molar-refractivity contribution in [2.24, 2.45) is 0 Å². The Balaban J connectivity index is 1.86. The molecule has 0 N–H and O–H groups in total. The Morgan fingerprint density at radius 2 is 1.90 bits per heavy atom. The average Bonchev–Trinajstić information content (AvgIpc) is 2.49. The lowest BCUT2D eigenvalue weighted by molar-refractivity contribution is 0.344. The van der Waals surface area contributed by atoms with Crippen LogP contribution < -0.4 is 4.74 Å². The zero-order valence-corrected chi connectivity index (χ0v) is 13.2. The second-order valence-corrected chi connectivity index (χ2v) is 5.70. The van der Waals surface area contributed by atoms with Crippen LogP contribution in [0.25, 0.3) is 0 Å². The van der Waals surface area contributed by atoms with E-state index >= 15 is 0 Å². The highest BCUT2D eigenvalue weighted by Gasteiger charge is 2.05. The number of nitrogens with zero attached hydrogens (tertiary/aromatic N) is 3. The Hall–Kier alpha value is -2.06. The molecule has 4 nitrogen and oxygen atoms in total. The van der Waals surface area contributed by atoms with E-state index in [0.717, 1.165) is 27.9 Å². The minimum absolute atomic E-state index is 0.550. The number of thioether (sulfide) groups is 1. The standard InChI is InChI=1S/C16H17N3OS/c1-11-12(2)18-16(19-13(11)3)21-8-7-20-15-6-4-5-14(9-15)10-17/h4-6,9H,7-8H2,1-3H3. The molecule has 1 aromatic carbocycles. The predicted octanol–water partition coefficient (Wildman–Crippen LogP) is 3.44. The van der Waals surface area contributed by atoms with Gasteiger partial charge in [0, 0.05) is 17.1 Å². The van der Waals surface area contributed by atoms with Gasteiger partial charge in [-0.15, -0.1) is 0 Å². The maximum absolute atomic E-state index is 8.83. The first kappa shape index (κ1) is 15.3. The molecule has 0 radical (unpaired) electrons. The number of aromatic nitrogens is 2. The fraction of sp³-hybridized carbons (Fsp3) is 0.312. The van der Waals surface area contributed by atoms with Crippen molar-refractivity contribution in [3.8, 4) is 11.8 Å². The van der Waals surface area contributed by atoms with Gasteiger partial charge in [-0.25, -0.2) is 9.97 Å². The third-order valence-corrected chi connectivity index (χ3v) is 3.97. The van der Waals surface area contributed by atoms with Crippen molar-refractivity contribution in [2.75, 3.05) is 12.4 Å². The molecule has 2 aromatic rings. The highest BCUT2D eigenvalue weighted by molar-refractivity contribution is 7.99. The molecule has 0 aliphatic carbocycles. The molecule has 0 fully saturated rings. The van der Waals surface area contributed by atoms with Gasteiger partial charge in [-0.2, -0.15) is 5.26 Å². The van der Waals surface area contributed by atoms with E-state index in [9.17, 15) is 0 Å². The molecule has 2 rings (SSSR count). The lowest BCUT2D eigenvalue weighted by Gasteiger charge is -2.08. The Bertz CT molecular complexity index is 656. The highest BCUT2D eigenvalue weighted by atomic mass is 32.2.